The van der Waals surface area contributed by atoms with Crippen molar-refractivity contribution in [2.24, 2.45) is 5.73 Å². The van der Waals surface area contributed by atoms with Gasteiger partial charge in [-0.25, -0.2) is 4.39 Å². The van der Waals surface area contributed by atoms with E-state index in [1.807, 2.05) is 20.8 Å². The summed E-state index contributed by atoms with van der Waals surface area (Å²) >= 11 is 0. The van der Waals surface area contributed by atoms with Gasteiger partial charge in [0, 0.05) is 39.0 Å². The molecule has 30 nitrogen and oxygen atoms in total. The number of hydrogen-bond donors (Lipinski definition) is 6. The molecule has 3 atom stereocenters. The maximum atomic E-state index is 13.7. The summed E-state index contributed by atoms with van der Waals surface area (Å²) in [5.41, 5.74) is 6.36. The second kappa shape index (κ2) is 35.6. The molecule has 3 fully saturated rings. The standard InChI is InChI=1S/C23H28N2O7.C19H20N2O7.C13H9FN2O4.C9H19NO3.CH2O2/c1-23(2,3)32-18(27)11-13-31-12-5-7-14-6-4-8-15-19(14)22(30)25(21(15)29)16-9-10-17(26)24-20(16)28;22-14-7-6-13(17(25)20-14)21-18(26)12-5-1-3-11(16(12)19(21)27)4-2-9-28-10-8-15(23)24;14-7-3-1-2-6-10(7)13(20)16(12(6)19)8-4-5-9(17)15-11(8)18;1-9(2,3)13-8(11)4-6-12-7-5-10;2-1-3/h4,6,8,16H,5,7,9-13H2,1-3H3,(H,24,26,28);1,3,5,13H,2,4,6-10H2,(H,23,24)(H,20,22,25);1-3,8H,4-5H2,(H,15,17,18);4-7,10H2,1-3H3;1H,(H,2,3). The summed E-state index contributed by atoms with van der Waals surface area (Å²) in [4.78, 5) is 190. The van der Waals surface area contributed by atoms with Crippen molar-refractivity contribution in [1.82, 2.24) is 30.7 Å². The number of carboxylic acid groups (broad SMARTS) is 2. The smallest absolute Gasteiger partial charge is 0.308 e. The van der Waals surface area contributed by atoms with Crippen LogP contribution in [0.15, 0.2) is 54.6 Å². The van der Waals surface area contributed by atoms with Gasteiger partial charge < -0.3 is 39.6 Å². The minimum Gasteiger partial charge on any atom is -0.483 e. The number of carboxylic acids is 1. The Morgan fingerprint density at radius 1 is 0.510 bits per heavy atom. The van der Waals surface area contributed by atoms with Crippen LogP contribution >= 0.6 is 0 Å². The number of nitrogens with two attached hydrogens (primary N) is 1. The van der Waals surface area contributed by atoms with Gasteiger partial charge in [-0.15, -0.1) is 0 Å². The molecule has 0 radical (unpaired) electrons. The second-order valence-electron chi connectivity index (χ2n) is 23.9. The number of fused-ring (bicyclic) bond motifs is 3. The van der Waals surface area contributed by atoms with E-state index in [1.54, 1.807) is 57.2 Å². The number of halogens is 1. The SMILES string of the molecule is CC(C)(C)OC(=O)CCOCCCc1cccc2c1C(=O)N(C1CCC(=O)NC1=O)C2=O.CC(C)(C)OC(=O)CCOCCN.O=C(O)CCOCCCc1cccc2c1C(=O)N(C1CCC(=O)NC1=O)C2=O.O=C1CCC(N2C(=O)c3cccc(F)c3C2=O)C(=O)N1.O=CO. The number of imide groups is 6. The molecule has 3 saturated heterocycles. The molecule has 3 aromatic carbocycles. The second-order valence-corrected chi connectivity index (χ2v) is 23.9. The topological polar surface area (TPSA) is 432 Å². The monoisotopic (exact) mass is 1340 g/mol. The summed E-state index contributed by atoms with van der Waals surface area (Å²) in [5.74, 6) is -9.18. The Morgan fingerprint density at radius 2 is 0.833 bits per heavy atom. The van der Waals surface area contributed by atoms with E-state index in [2.05, 4.69) is 16.0 Å². The van der Waals surface area contributed by atoms with E-state index in [1.165, 1.54) is 12.1 Å². The minimum absolute atomic E-state index is 0.0340. The summed E-state index contributed by atoms with van der Waals surface area (Å²) in [5, 5.41) is 21.9. The van der Waals surface area contributed by atoms with Crippen molar-refractivity contribution >= 4 is 95.3 Å². The number of ether oxygens (including phenoxy) is 5. The van der Waals surface area contributed by atoms with Crippen LogP contribution in [-0.4, -0.2) is 196 Å². The lowest BCUT2D eigenvalue weighted by Gasteiger charge is -2.27. The van der Waals surface area contributed by atoms with Crippen LogP contribution in [0.25, 0.3) is 0 Å². The van der Waals surface area contributed by atoms with Crippen molar-refractivity contribution in [2.45, 2.75) is 154 Å². The van der Waals surface area contributed by atoms with Crippen molar-refractivity contribution < 1.29 is 115 Å². The molecule has 7 N–H and O–H groups in total. The van der Waals surface area contributed by atoms with E-state index in [-0.39, 0.29) is 117 Å². The zero-order chi connectivity index (χ0) is 71.2. The van der Waals surface area contributed by atoms with Gasteiger partial charge in [-0.1, -0.05) is 30.3 Å². The van der Waals surface area contributed by atoms with Crippen molar-refractivity contribution in [2.75, 3.05) is 46.2 Å². The lowest BCUT2D eigenvalue weighted by molar-refractivity contribution is -0.157. The fraction of sp³-hybridized carbons (Fsp3) is 0.477. The van der Waals surface area contributed by atoms with Crippen molar-refractivity contribution in [3.63, 3.8) is 0 Å². The Bertz CT molecular complexity index is 3500. The highest BCUT2D eigenvalue weighted by atomic mass is 19.1. The van der Waals surface area contributed by atoms with Crippen LogP contribution in [0.5, 0.6) is 0 Å². The number of esters is 2. The zero-order valence-electron chi connectivity index (χ0n) is 53.9. The summed E-state index contributed by atoms with van der Waals surface area (Å²) in [6, 6.07) is 10.7. The number of carbonyl (C=O) groups excluding carboxylic acids is 14. The van der Waals surface area contributed by atoms with E-state index in [0.717, 1.165) is 20.8 Å². The number of aryl methyl sites for hydroxylation is 2. The van der Waals surface area contributed by atoms with Gasteiger partial charge in [-0.2, -0.15) is 0 Å². The lowest BCUT2D eigenvalue weighted by Crippen LogP contribution is -2.54. The van der Waals surface area contributed by atoms with Gasteiger partial charge in [-0.3, -0.25) is 107 Å². The molecule has 0 aliphatic carbocycles. The molecule has 0 spiro atoms. The van der Waals surface area contributed by atoms with Crippen LogP contribution in [0.2, 0.25) is 0 Å². The van der Waals surface area contributed by atoms with Gasteiger partial charge in [0.2, 0.25) is 35.4 Å². The first-order chi connectivity index (χ1) is 45.3. The molecule has 518 valence electrons. The third-order valence-electron chi connectivity index (χ3n) is 14.5. The number of aliphatic carboxylic acids is 1. The van der Waals surface area contributed by atoms with Crippen LogP contribution < -0.4 is 21.7 Å². The summed E-state index contributed by atoms with van der Waals surface area (Å²) in [6.45, 7) is 13.1. The average molecular weight is 1340 g/mol. The molecule has 9 rings (SSSR count). The molecular weight excluding hydrogens is 1270 g/mol. The van der Waals surface area contributed by atoms with E-state index >= 15 is 0 Å². The highest BCUT2D eigenvalue weighted by Crippen LogP contribution is 2.33. The van der Waals surface area contributed by atoms with Crippen molar-refractivity contribution in [1.29, 1.82) is 0 Å². The third kappa shape index (κ3) is 21.3. The Labute approximate surface area is 550 Å². The highest BCUT2D eigenvalue weighted by molar-refractivity contribution is 6.26. The summed E-state index contributed by atoms with van der Waals surface area (Å²) in [6.07, 6.45) is 2.96. The van der Waals surface area contributed by atoms with Crippen molar-refractivity contribution in [3.8, 4) is 0 Å². The number of hydrogen-bond acceptors (Lipinski definition) is 22. The van der Waals surface area contributed by atoms with Gasteiger partial charge in [0.15, 0.2) is 0 Å². The van der Waals surface area contributed by atoms with E-state index in [4.69, 9.17) is 44.4 Å². The molecule has 0 bridgehead atoms. The molecule has 12 amide bonds. The summed E-state index contributed by atoms with van der Waals surface area (Å²) < 4.78 is 39.7. The minimum atomic E-state index is -1.07. The third-order valence-corrected chi connectivity index (χ3v) is 14.5. The van der Waals surface area contributed by atoms with Gasteiger partial charge in [0.25, 0.3) is 41.9 Å². The number of amides is 12. The maximum absolute atomic E-state index is 13.7. The van der Waals surface area contributed by atoms with Gasteiger partial charge >= 0.3 is 17.9 Å². The molecule has 0 saturated carbocycles. The first-order valence-electron chi connectivity index (χ1n) is 30.7. The first kappa shape index (κ1) is 76.9. The van der Waals surface area contributed by atoms with Crippen LogP contribution in [0.4, 0.5) is 4.39 Å². The van der Waals surface area contributed by atoms with Crippen LogP contribution in [0, 0.1) is 5.82 Å². The molecule has 6 aliphatic heterocycles. The molecule has 0 aromatic heterocycles. The number of rotatable bonds is 22. The quantitative estimate of drug-likeness (QED) is 0.0364. The number of piperidine rings is 3. The maximum Gasteiger partial charge on any atom is 0.308 e. The average Bonchev–Trinajstić information content (AvgIpc) is 1.63. The Balaban J connectivity index is 0.000000238. The van der Waals surface area contributed by atoms with Crippen LogP contribution in [0.1, 0.15) is 185 Å². The largest absolute Gasteiger partial charge is 0.483 e. The van der Waals surface area contributed by atoms with Crippen LogP contribution in [0.3, 0.4) is 0 Å². The molecule has 96 heavy (non-hydrogen) atoms. The number of nitrogens with zero attached hydrogens (tertiary/aromatic N) is 3. The highest BCUT2D eigenvalue weighted by Gasteiger charge is 2.48. The molecule has 6 aliphatic rings. The first-order valence-corrected chi connectivity index (χ1v) is 30.7. The lowest BCUT2D eigenvalue weighted by atomic mass is 9.99. The fourth-order valence-electron chi connectivity index (χ4n) is 10.4. The van der Waals surface area contributed by atoms with Crippen LogP contribution in [-0.2, 0) is 84.5 Å². The van der Waals surface area contributed by atoms with Crippen molar-refractivity contribution in [3.05, 3.63) is 105 Å². The fourth-order valence-corrected chi connectivity index (χ4v) is 10.4. The van der Waals surface area contributed by atoms with E-state index < -0.39 is 112 Å². The Hall–Kier alpha value is -9.85. The molecule has 31 heteroatoms. The zero-order valence-corrected chi connectivity index (χ0v) is 53.9. The number of benzene rings is 3. The van der Waals surface area contributed by atoms with E-state index in [0.29, 0.717) is 75.3 Å². The summed E-state index contributed by atoms with van der Waals surface area (Å²) in [7, 11) is 0. The normalized spacial score (nSPS) is 18.0. The molecule has 6 heterocycles. The number of carbonyl (C=O) groups is 16. The van der Waals surface area contributed by atoms with Gasteiger partial charge in [-0.05, 0) is 122 Å². The Kier molecular flexibility index (Phi) is 28.5. The van der Waals surface area contributed by atoms with E-state index in [9.17, 15) is 76.3 Å². The molecular formula is C65H78FN7O23. The molecule has 3 aromatic rings. The van der Waals surface area contributed by atoms with Gasteiger partial charge in [0.05, 0.1) is 79.1 Å². The van der Waals surface area contributed by atoms with Gasteiger partial charge in [0.1, 0.15) is 35.1 Å². The molecule has 3 unspecified atom stereocenters. The predicted octanol–water partition coefficient (Wildman–Crippen LogP) is 2.90. The predicted molar refractivity (Wildman–Crippen MR) is 329 cm³/mol. The number of nitrogens with one attached hydrogen (secondary N) is 3. The Morgan fingerprint density at radius 3 is 1.16 bits per heavy atom.